The second-order valence-corrected chi connectivity index (χ2v) is 6.04. The van der Waals surface area contributed by atoms with E-state index in [0.717, 1.165) is 0 Å². The highest BCUT2D eigenvalue weighted by atomic mass is 32.1. The summed E-state index contributed by atoms with van der Waals surface area (Å²) < 4.78 is 4.95. The quantitative estimate of drug-likeness (QED) is 0.501. The predicted molar refractivity (Wildman–Crippen MR) is 99.4 cm³/mol. The van der Waals surface area contributed by atoms with Gasteiger partial charge in [0.25, 0.3) is 5.91 Å². The van der Waals surface area contributed by atoms with Crippen LogP contribution in [0.4, 0.5) is 22.2 Å². The molecule has 0 fully saturated rings. The molecule has 0 atom stereocenters. The van der Waals surface area contributed by atoms with Crippen LogP contribution in [0.15, 0.2) is 54.0 Å². The van der Waals surface area contributed by atoms with E-state index in [9.17, 15) is 14.9 Å². The van der Waals surface area contributed by atoms with Gasteiger partial charge in [-0.1, -0.05) is 6.07 Å². The molecule has 0 aliphatic carbocycles. The Morgan fingerprint density at radius 1 is 1.23 bits per heavy atom. The molecule has 1 heterocycles. The molecule has 132 valence electrons. The maximum absolute atomic E-state index is 12.5. The number of methoxy groups -OCH3 is 1. The maximum atomic E-state index is 12.5. The molecule has 0 spiro atoms. The molecular weight excluding hydrogens is 356 g/mol. The lowest BCUT2D eigenvalue weighted by molar-refractivity contribution is -0.385. The predicted octanol–water partition coefficient (Wildman–Crippen LogP) is 4.06. The first kappa shape index (κ1) is 17.4. The molecule has 0 saturated heterocycles. The van der Waals surface area contributed by atoms with Gasteiger partial charge < -0.3 is 15.4 Å². The van der Waals surface area contributed by atoms with Crippen LogP contribution in [-0.4, -0.2) is 22.9 Å². The standard InChI is InChI=1S/C17H14N4O4S/c1-25-15-6-5-13(10-14(15)21(23)24)19-16(22)11-3-2-4-12(9-11)20-17-18-7-8-26-17/h2-10H,1H3,(H,18,20)(H,19,22). The van der Waals surface area contributed by atoms with E-state index in [2.05, 4.69) is 15.6 Å². The number of aromatic nitrogens is 1. The van der Waals surface area contributed by atoms with E-state index in [4.69, 9.17) is 4.74 Å². The fourth-order valence-electron chi connectivity index (χ4n) is 2.26. The Hall–Kier alpha value is -3.46. The van der Waals surface area contributed by atoms with Gasteiger partial charge in [0, 0.05) is 34.6 Å². The summed E-state index contributed by atoms with van der Waals surface area (Å²) in [6, 6.07) is 11.1. The normalized spacial score (nSPS) is 10.2. The molecule has 0 radical (unpaired) electrons. The van der Waals surface area contributed by atoms with Gasteiger partial charge in [0.2, 0.25) is 0 Å². The van der Waals surface area contributed by atoms with Crippen molar-refractivity contribution in [2.24, 2.45) is 0 Å². The molecule has 0 aliphatic heterocycles. The second kappa shape index (κ2) is 7.62. The summed E-state index contributed by atoms with van der Waals surface area (Å²) in [6.45, 7) is 0. The van der Waals surface area contributed by atoms with Gasteiger partial charge in [-0.25, -0.2) is 4.98 Å². The van der Waals surface area contributed by atoms with Crippen molar-refractivity contribution in [1.29, 1.82) is 0 Å². The van der Waals surface area contributed by atoms with E-state index in [1.807, 2.05) is 11.4 Å². The van der Waals surface area contributed by atoms with Crippen LogP contribution in [0.2, 0.25) is 0 Å². The first-order valence-corrected chi connectivity index (χ1v) is 8.35. The third-order valence-corrected chi connectivity index (χ3v) is 4.13. The Bertz CT molecular complexity index is 944. The molecular formula is C17H14N4O4S. The van der Waals surface area contributed by atoms with Crippen molar-refractivity contribution in [1.82, 2.24) is 4.98 Å². The first-order chi connectivity index (χ1) is 12.6. The SMILES string of the molecule is COc1ccc(NC(=O)c2cccc(Nc3nccs3)c2)cc1[N+](=O)[O-]. The zero-order chi connectivity index (χ0) is 18.5. The number of benzene rings is 2. The number of amides is 1. The molecule has 9 heteroatoms. The lowest BCUT2D eigenvalue weighted by atomic mass is 10.1. The molecule has 1 amide bonds. The summed E-state index contributed by atoms with van der Waals surface area (Å²) in [5.41, 5.74) is 1.21. The average Bonchev–Trinajstić information content (AvgIpc) is 3.14. The van der Waals surface area contributed by atoms with Crippen molar-refractivity contribution >= 4 is 39.4 Å². The molecule has 3 aromatic rings. The van der Waals surface area contributed by atoms with Crippen LogP contribution in [0.1, 0.15) is 10.4 Å². The van der Waals surface area contributed by atoms with Gasteiger partial charge in [0.05, 0.1) is 12.0 Å². The minimum atomic E-state index is -0.562. The number of thiazole rings is 1. The molecule has 0 aliphatic rings. The number of nitro groups is 1. The van der Waals surface area contributed by atoms with Crippen molar-refractivity contribution < 1.29 is 14.5 Å². The monoisotopic (exact) mass is 370 g/mol. The summed E-state index contributed by atoms with van der Waals surface area (Å²) in [4.78, 5) is 27.1. The Morgan fingerprint density at radius 3 is 2.77 bits per heavy atom. The molecule has 0 unspecified atom stereocenters. The fraction of sp³-hybridized carbons (Fsp3) is 0.0588. The van der Waals surface area contributed by atoms with Gasteiger partial charge in [0.15, 0.2) is 10.9 Å². The second-order valence-electron chi connectivity index (χ2n) is 5.14. The maximum Gasteiger partial charge on any atom is 0.312 e. The Kier molecular flexibility index (Phi) is 5.09. The van der Waals surface area contributed by atoms with E-state index in [1.54, 1.807) is 30.5 Å². The fourth-order valence-corrected chi connectivity index (χ4v) is 2.81. The zero-order valence-corrected chi connectivity index (χ0v) is 14.4. The molecule has 3 rings (SSSR count). The lowest BCUT2D eigenvalue weighted by Gasteiger charge is -2.09. The van der Waals surface area contributed by atoms with E-state index >= 15 is 0 Å². The van der Waals surface area contributed by atoms with E-state index < -0.39 is 4.92 Å². The first-order valence-electron chi connectivity index (χ1n) is 7.47. The van der Waals surface area contributed by atoms with Gasteiger partial charge in [-0.15, -0.1) is 11.3 Å². The number of hydrogen-bond donors (Lipinski definition) is 2. The van der Waals surface area contributed by atoms with Crippen LogP contribution >= 0.6 is 11.3 Å². The molecule has 8 nitrogen and oxygen atoms in total. The summed E-state index contributed by atoms with van der Waals surface area (Å²) >= 11 is 1.44. The van der Waals surface area contributed by atoms with Gasteiger partial charge in [-0.3, -0.25) is 14.9 Å². The van der Waals surface area contributed by atoms with Gasteiger partial charge in [0.1, 0.15) is 0 Å². The van der Waals surface area contributed by atoms with Crippen molar-refractivity contribution in [3.05, 3.63) is 69.7 Å². The summed E-state index contributed by atoms with van der Waals surface area (Å²) in [5.74, 6) is -0.255. The molecule has 0 bridgehead atoms. The summed E-state index contributed by atoms with van der Waals surface area (Å²) in [7, 11) is 1.35. The number of carbonyl (C=O) groups excluding carboxylic acids is 1. The minimum Gasteiger partial charge on any atom is -0.490 e. The van der Waals surface area contributed by atoms with Crippen LogP contribution in [0.3, 0.4) is 0 Å². The molecule has 2 aromatic carbocycles. The van der Waals surface area contributed by atoms with Crippen LogP contribution in [0.25, 0.3) is 0 Å². The van der Waals surface area contributed by atoms with Crippen LogP contribution in [0.5, 0.6) is 5.75 Å². The largest absolute Gasteiger partial charge is 0.490 e. The zero-order valence-electron chi connectivity index (χ0n) is 13.6. The van der Waals surface area contributed by atoms with Gasteiger partial charge >= 0.3 is 5.69 Å². The van der Waals surface area contributed by atoms with E-state index in [0.29, 0.717) is 22.1 Å². The third kappa shape index (κ3) is 3.95. The summed E-state index contributed by atoms with van der Waals surface area (Å²) in [5, 5.41) is 19.4. The smallest absolute Gasteiger partial charge is 0.312 e. The van der Waals surface area contributed by atoms with Crippen molar-refractivity contribution in [3.8, 4) is 5.75 Å². The van der Waals surface area contributed by atoms with Crippen LogP contribution in [-0.2, 0) is 0 Å². The number of hydrogen-bond acceptors (Lipinski definition) is 7. The number of rotatable bonds is 6. The van der Waals surface area contributed by atoms with Crippen molar-refractivity contribution in [2.75, 3.05) is 17.7 Å². The topological polar surface area (TPSA) is 106 Å². The number of anilines is 3. The van der Waals surface area contributed by atoms with Crippen molar-refractivity contribution in [2.45, 2.75) is 0 Å². The number of nitrogens with one attached hydrogen (secondary N) is 2. The molecule has 0 saturated carbocycles. The highest BCUT2D eigenvalue weighted by Gasteiger charge is 2.16. The lowest BCUT2D eigenvalue weighted by Crippen LogP contribution is -2.12. The Labute approximate surface area is 152 Å². The van der Waals surface area contributed by atoms with E-state index in [-0.39, 0.29) is 17.3 Å². The number of nitro benzene ring substituents is 1. The highest BCUT2D eigenvalue weighted by Crippen LogP contribution is 2.30. The molecule has 1 aromatic heterocycles. The highest BCUT2D eigenvalue weighted by molar-refractivity contribution is 7.13. The van der Waals surface area contributed by atoms with Gasteiger partial charge in [-0.05, 0) is 30.3 Å². The number of ether oxygens (including phenoxy) is 1. The minimum absolute atomic E-state index is 0.127. The Balaban J connectivity index is 1.78. The van der Waals surface area contributed by atoms with Gasteiger partial charge in [-0.2, -0.15) is 0 Å². The third-order valence-electron chi connectivity index (χ3n) is 3.44. The number of carbonyl (C=O) groups is 1. The Morgan fingerprint density at radius 2 is 2.08 bits per heavy atom. The summed E-state index contributed by atoms with van der Waals surface area (Å²) in [6.07, 6.45) is 1.68. The number of nitrogens with zero attached hydrogens (tertiary/aromatic N) is 2. The molecule has 26 heavy (non-hydrogen) atoms. The van der Waals surface area contributed by atoms with Crippen LogP contribution < -0.4 is 15.4 Å². The van der Waals surface area contributed by atoms with Crippen LogP contribution in [0, 0.1) is 10.1 Å². The van der Waals surface area contributed by atoms with Crippen molar-refractivity contribution in [3.63, 3.8) is 0 Å². The average molecular weight is 370 g/mol. The molecule has 2 N–H and O–H groups in total. The van der Waals surface area contributed by atoms with E-state index in [1.165, 1.54) is 30.6 Å².